The Bertz CT molecular complexity index is 826. The number of methoxy groups -OCH3 is 1. The van der Waals surface area contributed by atoms with Gasteiger partial charge < -0.3 is 19.1 Å². The molecule has 1 fully saturated rings. The number of fused-ring (bicyclic) bond motifs is 1. The predicted molar refractivity (Wildman–Crippen MR) is 106 cm³/mol. The van der Waals surface area contributed by atoms with Gasteiger partial charge in [-0.25, -0.2) is 0 Å². The first kappa shape index (κ1) is 18.0. The van der Waals surface area contributed by atoms with Gasteiger partial charge in [-0.05, 0) is 30.2 Å². The highest BCUT2D eigenvalue weighted by atomic mass is 32.2. The smallest absolute Gasteiger partial charge is 0.231 e. The average Bonchev–Trinajstić information content (AvgIpc) is 3.02. The Morgan fingerprint density at radius 3 is 2.93 bits per heavy atom. The van der Waals surface area contributed by atoms with E-state index in [0.717, 1.165) is 48.1 Å². The molecule has 2 aromatic carbocycles. The first-order valence-electron chi connectivity index (χ1n) is 9.15. The molecule has 0 saturated carbocycles. The Labute approximate surface area is 163 Å². The van der Waals surface area contributed by atoms with Crippen molar-refractivity contribution in [1.82, 2.24) is 4.90 Å². The number of para-hydroxylation sites is 1. The number of carbonyl (C=O) groups is 1. The lowest BCUT2D eigenvalue weighted by Crippen LogP contribution is -2.34. The molecule has 1 atom stereocenters. The number of hydrogen-bond acceptors (Lipinski definition) is 5. The number of hydrogen-bond donors (Lipinski definition) is 0. The zero-order valence-electron chi connectivity index (χ0n) is 15.3. The summed E-state index contributed by atoms with van der Waals surface area (Å²) < 4.78 is 16.3. The number of thioether (sulfide) groups is 1. The molecule has 1 amide bonds. The molecule has 0 N–H and O–H groups in total. The molecular formula is C21H23NO4S. The van der Waals surface area contributed by atoms with Crippen LogP contribution in [0.4, 0.5) is 0 Å². The minimum Gasteiger partial charge on any atom is -0.496 e. The third-order valence-electron chi connectivity index (χ3n) is 5.00. The summed E-state index contributed by atoms with van der Waals surface area (Å²) >= 11 is 1.90. The van der Waals surface area contributed by atoms with Gasteiger partial charge in [0.25, 0.3) is 0 Å². The summed E-state index contributed by atoms with van der Waals surface area (Å²) in [6.07, 6.45) is 1.31. The highest BCUT2D eigenvalue weighted by Crippen LogP contribution is 2.40. The van der Waals surface area contributed by atoms with Gasteiger partial charge in [-0.3, -0.25) is 4.79 Å². The second-order valence-electron chi connectivity index (χ2n) is 6.63. The molecule has 2 heterocycles. The van der Waals surface area contributed by atoms with E-state index in [2.05, 4.69) is 12.1 Å². The fraction of sp³-hybridized carbons (Fsp3) is 0.381. The summed E-state index contributed by atoms with van der Waals surface area (Å²) in [5.41, 5.74) is 2.18. The third kappa shape index (κ3) is 4.00. The van der Waals surface area contributed by atoms with E-state index in [1.807, 2.05) is 47.0 Å². The molecule has 5 nitrogen and oxygen atoms in total. The van der Waals surface area contributed by atoms with E-state index in [0.29, 0.717) is 18.5 Å². The molecular weight excluding hydrogens is 362 g/mol. The lowest BCUT2D eigenvalue weighted by Gasteiger charge is -2.21. The first-order valence-corrected chi connectivity index (χ1v) is 10.2. The van der Waals surface area contributed by atoms with E-state index in [4.69, 9.17) is 14.2 Å². The maximum Gasteiger partial charge on any atom is 0.231 e. The molecule has 2 aromatic rings. The molecule has 0 aliphatic carbocycles. The topological polar surface area (TPSA) is 48.0 Å². The van der Waals surface area contributed by atoms with Crippen LogP contribution in [-0.4, -0.2) is 43.6 Å². The van der Waals surface area contributed by atoms with Gasteiger partial charge in [0.05, 0.1) is 13.5 Å². The fourth-order valence-corrected chi connectivity index (χ4v) is 4.74. The van der Waals surface area contributed by atoms with Gasteiger partial charge in [-0.2, -0.15) is 11.8 Å². The quantitative estimate of drug-likeness (QED) is 0.804. The van der Waals surface area contributed by atoms with E-state index >= 15 is 0 Å². The van der Waals surface area contributed by atoms with Gasteiger partial charge in [0.15, 0.2) is 11.5 Å². The van der Waals surface area contributed by atoms with Crippen molar-refractivity contribution in [3.8, 4) is 17.2 Å². The molecule has 0 aromatic heterocycles. The molecule has 0 bridgehead atoms. The minimum atomic E-state index is 0.159. The highest BCUT2D eigenvalue weighted by Gasteiger charge is 2.24. The van der Waals surface area contributed by atoms with Crippen LogP contribution < -0.4 is 14.2 Å². The second kappa shape index (κ2) is 8.13. The predicted octanol–water partition coefficient (Wildman–Crippen LogP) is 3.67. The zero-order chi connectivity index (χ0) is 18.6. The number of benzene rings is 2. The summed E-state index contributed by atoms with van der Waals surface area (Å²) in [5.74, 6) is 3.49. The minimum absolute atomic E-state index is 0.159. The number of rotatable bonds is 4. The van der Waals surface area contributed by atoms with Crippen LogP contribution in [0.5, 0.6) is 17.2 Å². The van der Waals surface area contributed by atoms with E-state index < -0.39 is 0 Å². The van der Waals surface area contributed by atoms with E-state index in [-0.39, 0.29) is 5.91 Å². The summed E-state index contributed by atoms with van der Waals surface area (Å²) in [6.45, 7) is 1.83. The molecule has 2 aliphatic heterocycles. The first-order chi connectivity index (χ1) is 13.2. The number of nitrogens with zero attached hydrogens (tertiary/aromatic N) is 1. The van der Waals surface area contributed by atoms with E-state index in [1.165, 1.54) is 5.56 Å². The van der Waals surface area contributed by atoms with Gasteiger partial charge in [-0.1, -0.05) is 24.3 Å². The van der Waals surface area contributed by atoms with Crippen molar-refractivity contribution < 1.29 is 19.0 Å². The maximum atomic E-state index is 12.8. The molecule has 0 spiro atoms. The second-order valence-corrected chi connectivity index (χ2v) is 7.94. The molecule has 2 aliphatic rings. The van der Waals surface area contributed by atoms with Gasteiger partial charge in [0.2, 0.25) is 12.7 Å². The summed E-state index contributed by atoms with van der Waals surface area (Å²) in [7, 11) is 1.64. The van der Waals surface area contributed by atoms with Gasteiger partial charge >= 0.3 is 0 Å². The summed E-state index contributed by atoms with van der Waals surface area (Å²) in [5, 5.41) is 0.364. The lowest BCUT2D eigenvalue weighted by molar-refractivity contribution is -0.130. The monoisotopic (exact) mass is 385 g/mol. The van der Waals surface area contributed by atoms with Gasteiger partial charge in [0.1, 0.15) is 5.75 Å². The van der Waals surface area contributed by atoms with E-state index in [1.54, 1.807) is 7.11 Å². The van der Waals surface area contributed by atoms with Crippen molar-refractivity contribution in [3.63, 3.8) is 0 Å². The van der Waals surface area contributed by atoms with Crippen LogP contribution >= 0.6 is 11.8 Å². The number of carbonyl (C=O) groups excluding carboxylic acids is 1. The summed E-state index contributed by atoms with van der Waals surface area (Å²) in [4.78, 5) is 14.8. The van der Waals surface area contributed by atoms with Crippen LogP contribution in [0.1, 0.15) is 22.8 Å². The van der Waals surface area contributed by atoms with Crippen molar-refractivity contribution in [2.45, 2.75) is 18.1 Å². The van der Waals surface area contributed by atoms with Crippen LogP contribution in [0.3, 0.4) is 0 Å². The molecule has 142 valence electrons. The molecule has 6 heteroatoms. The Balaban J connectivity index is 1.40. The van der Waals surface area contributed by atoms with E-state index in [9.17, 15) is 4.79 Å². The third-order valence-corrected chi connectivity index (χ3v) is 6.33. The average molecular weight is 385 g/mol. The number of amides is 1. The molecule has 27 heavy (non-hydrogen) atoms. The molecule has 4 rings (SSSR count). The fourth-order valence-electron chi connectivity index (χ4n) is 3.52. The van der Waals surface area contributed by atoms with Gasteiger partial charge in [0, 0.05) is 29.7 Å². The normalized spacial score (nSPS) is 18.9. The van der Waals surface area contributed by atoms with Crippen LogP contribution in [-0.2, 0) is 11.2 Å². The highest BCUT2D eigenvalue weighted by molar-refractivity contribution is 7.99. The van der Waals surface area contributed by atoms with Crippen molar-refractivity contribution in [2.24, 2.45) is 0 Å². The summed E-state index contributed by atoms with van der Waals surface area (Å²) in [6, 6.07) is 13.9. The zero-order valence-corrected chi connectivity index (χ0v) is 16.2. The van der Waals surface area contributed by atoms with Gasteiger partial charge in [-0.15, -0.1) is 0 Å². The largest absolute Gasteiger partial charge is 0.496 e. The van der Waals surface area contributed by atoms with Crippen molar-refractivity contribution in [3.05, 3.63) is 53.6 Å². The lowest BCUT2D eigenvalue weighted by atomic mass is 10.1. The standard InChI is InChI=1S/C21H23NO4S/c1-24-17-5-3-2-4-15(17)13-21(23)22-9-8-20(27-11-10-22)16-6-7-18-19(12-16)26-14-25-18/h2-7,12,20H,8-11,13-14H2,1H3/t20-/m0/s1. The Morgan fingerprint density at radius 2 is 2.04 bits per heavy atom. The van der Waals surface area contributed by atoms with Crippen molar-refractivity contribution in [1.29, 1.82) is 0 Å². The van der Waals surface area contributed by atoms with Crippen LogP contribution in [0.25, 0.3) is 0 Å². The molecule has 0 radical (unpaired) electrons. The maximum absolute atomic E-state index is 12.8. The van der Waals surface area contributed by atoms with Crippen LogP contribution in [0.15, 0.2) is 42.5 Å². The van der Waals surface area contributed by atoms with Crippen molar-refractivity contribution >= 4 is 17.7 Å². The Hall–Kier alpha value is -2.34. The SMILES string of the molecule is COc1ccccc1CC(=O)N1CCS[C@H](c2ccc3c(c2)OCO3)CC1. The Kier molecular flexibility index (Phi) is 5.43. The van der Waals surface area contributed by atoms with Crippen LogP contribution in [0.2, 0.25) is 0 Å². The van der Waals surface area contributed by atoms with Crippen molar-refractivity contribution in [2.75, 3.05) is 32.7 Å². The molecule has 1 saturated heterocycles. The van der Waals surface area contributed by atoms with Crippen LogP contribution in [0, 0.1) is 0 Å². The Morgan fingerprint density at radius 1 is 1.19 bits per heavy atom. The molecule has 0 unspecified atom stereocenters. The number of ether oxygens (including phenoxy) is 3.